The molecule has 196 valence electrons. The fraction of sp³-hybridized carbons (Fsp3) is 0. The number of aromatic amines is 1. The van der Waals surface area contributed by atoms with Crippen molar-refractivity contribution in [3.05, 3.63) is 146 Å². The highest BCUT2D eigenvalue weighted by atomic mass is 16.3. The molecule has 0 aliphatic carbocycles. The van der Waals surface area contributed by atoms with Crippen LogP contribution in [-0.2, 0) is 0 Å². The monoisotopic (exact) mass is 535 g/mol. The van der Waals surface area contributed by atoms with Crippen molar-refractivity contribution >= 4 is 54.5 Å². The molecular formula is C40H25NO. The number of para-hydroxylation sites is 2. The summed E-state index contributed by atoms with van der Waals surface area (Å²) in [5.74, 6) is 0. The average molecular weight is 536 g/mol. The second kappa shape index (κ2) is 8.95. The molecule has 1 N–H and O–H groups in total. The van der Waals surface area contributed by atoms with Crippen LogP contribution in [0.1, 0.15) is 0 Å². The Bertz CT molecular complexity index is 2470. The number of furan rings is 1. The quantitative estimate of drug-likeness (QED) is 0.239. The fourth-order valence-electron chi connectivity index (χ4n) is 6.50. The van der Waals surface area contributed by atoms with E-state index in [1.54, 1.807) is 0 Å². The van der Waals surface area contributed by atoms with Crippen molar-refractivity contribution in [2.45, 2.75) is 0 Å². The number of benzene rings is 7. The maximum atomic E-state index is 6.06. The van der Waals surface area contributed by atoms with Gasteiger partial charge in [-0.2, -0.15) is 0 Å². The number of fused-ring (bicyclic) bond motifs is 7. The first-order chi connectivity index (χ1) is 20.8. The van der Waals surface area contributed by atoms with Gasteiger partial charge in [-0.15, -0.1) is 0 Å². The number of hydrogen-bond donors (Lipinski definition) is 1. The van der Waals surface area contributed by atoms with Gasteiger partial charge in [0, 0.05) is 32.6 Å². The molecule has 2 aromatic heterocycles. The third-order valence-electron chi connectivity index (χ3n) is 8.58. The van der Waals surface area contributed by atoms with Crippen molar-refractivity contribution in [3.63, 3.8) is 0 Å². The topological polar surface area (TPSA) is 28.9 Å². The summed E-state index contributed by atoms with van der Waals surface area (Å²) in [4.78, 5) is 3.74. The second-order valence-electron chi connectivity index (χ2n) is 11.1. The molecule has 0 aliphatic rings. The van der Waals surface area contributed by atoms with Crippen LogP contribution in [0.15, 0.2) is 150 Å². The van der Waals surface area contributed by atoms with Gasteiger partial charge < -0.3 is 9.40 Å². The molecule has 0 spiro atoms. The molecule has 42 heavy (non-hydrogen) atoms. The van der Waals surface area contributed by atoms with Crippen molar-refractivity contribution in [1.29, 1.82) is 0 Å². The summed E-state index contributed by atoms with van der Waals surface area (Å²) in [6.45, 7) is 0. The fourth-order valence-corrected chi connectivity index (χ4v) is 6.50. The molecule has 2 nitrogen and oxygen atoms in total. The van der Waals surface area contributed by atoms with E-state index in [0.717, 1.165) is 21.9 Å². The first-order valence-electron chi connectivity index (χ1n) is 14.3. The molecule has 2 heteroatoms. The minimum absolute atomic E-state index is 0.919. The molecule has 7 aromatic carbocycles. The zero-order valence-electron chi connectivity index (χ0n) is 22.8. The van der Waals surface area contributed by atoms with Crippen LogP contribution in [-0.4, -0.2) is 4.98 Å². The Hall–Kier alpha value is -5.60. The van der Waals surface area contributed by atoms with Crippen LogP contribution in [0, 0.1) is 0 Å². The molecule has 0 amide bonds. The summed E-state index contributed by atoms with van der Waals surface area (Å²) in [7, 11) is 0. The standard InChI is InChI=1S/C40H25NO/c1-2-9-29-24-37-35(22-28(29)8-1)34-16-7-15-32(40(34)41-37)31-13-6-12-27(21-31)25-10-5-11-26(20-25)30-18-19-39-36(23-30)33-14-3-4-17-38(33)42-39/h1-24,41H. The van der Waals surface area contributed by atoms with Gasteiger partial charge in [0.1, 0.15) is 11.2 Å². The summed E-state index contributed by atoms with van der Waals surface area (Å²) in [6, 6.07) is 52.2. The highest BCUT2D eigenvalue weighted by molar-refractivity contribution is 6.15. The van der Waals surface area contributed by atoms with Gasteiger partial charge in [-0.05, 0) is 81.1 Å². The molecule has 0 saturated heterocycles. The predicted octanol–water partition coefficient (Wildman–Crippen LogP) is 11.4. The van der Waals surface area contributed by atoms with Crippen molar-refractivity contribution in [1.82, 2.24) is 4.98 Å². The predicted molar refractivity (Wildman–Crippen MR) is 177 cm³/mol. The summed E-state index contributed by atoms with van der Waals surface area (Å²) >= 11 is 0. The highest BCUT2D eigenvalue weighted by Gasteiger charge is 2.13. The summed E-state index contributed by atoms with van der Waals surface area (Å²) < 4.78 is 6.06. The number of H-pyrrole nitrogens is 1. The van der Waals surface area contributed by atoms with Crippen LogP contribution in [0.4, 0.5) is 0 Å². The van der Waals surface area contributed by atoms with Gasteiger partial charge in [-0.25, -0.2) is 0 Å². The van der Waals surface area contributed by atoms with Crippen LogP contribution < -0.4 is 0 Å². The van der Waals surface area contributed by atoms with Crippen LogP contribution >= 0.6 is 0 Å². The Balaban J connectivity index is 1.14. The van der Waals surface area contributed by atoms with E-state index in [9.17, 15) is 0 Å². The molecule has 0 fully saturated rings. The van der Waals surface area contributed by atoms with Gasteiger partial charge in [0.2, 0.25) is 0 Å². The van der Waals surface area contributed by atoms with E-state index in [2.05, 4.69) is 138 Å². The first-order valence-corrected chi connectivity index (χ1v) is 14.3. The lowest BCUT2D eigenvalue weighted by Gasteiger charge is -2.09. The SMILES string of the molecule is c1cc(-c2cccc(-c3cccc4c3[nH]c3cc5ccccc5cc34)c2)cc(-c2ccc3oc4ccccc4c3c2)c1. The minimum atomic E-state index is 0.919. The Labute approximate surface area is 242 Å². The first kappa shape index (κ1) is 23.1. The Morgan fingerprint density at radius 1 is 0.381 bits per heavy atom. The largest absolute Gasteiger partial charge is 0.456 e. The molecule has 0 radical (unpaired) electrons. The lowest BCUT2D eigenvalue weighted by Crippen LogP contribution is -1.85. The van der Waals surface area contributed by atoms with E-state index < -0.39 is 0 Å². The molecule has 0 aliphatic heterocycles. The maximum absolute atomic E-state index is 6.06. The Morgan fingerprint density at radius 2 is 1.00 bits per heavy atom. The van der Waals surface area contributed by atoms with Gasteiger partial charge in [-0.1, -0.05) is 103 Å². The van der Waals surface area contributed by atoms with E-state index in [-0.39, 0.29) is 0 Å². The van der Waals surface area contributed by atoms with Crippen LogP contribution in [0.2, 0.25) is 0 Å². The third-order valence-corrected chi connectivity index (χ3v) is 8.58. The van der Waals surface area contributed by atoms with Crippen LogP contribution in [0.3, 0.4) is 0 Å². The molecule has 2 heterocycles. The molecule has 9 aromatic rings. The molecular weight excluding hydrogens is 510 g/mol. The normalized spacial score (nSPS) is 11.8. The Morgan fingerprint density at radius 3 is 1.83 bits per heavy atom. The molecule has 9 rings (SSSR count). The second-order valence-corrected chi connectivity index (χ2v) is 11.1. The summed E-state index contributed by atoms with van der Waals surface area (Å²) in [5, 5.41) is 7.32. The van der Waals surface area contributed by atoms with E-state index in [1.807, 2.05) is 12.1 Å². The number of nitrogens with one attached hydrogen (secondary N) is 1. The van der Waals surface area contributed by atoms with E-state index in [0.29, 0.717) is 0 Å². The van der Waals surface area contributed by atoms with Crippen molar-refractivity contribution in [2.24, 2.45) is 0 Å². The van der Waals surface area contributed by atoms with Crippen LogP contribution in [0.5, 0.6) is 0 Å². The van der Waals surface area contributed by atoms with Gasteiger partial charge >= 0.3 is 0 Å². The maximum Gasteiger partial charge on any atom is 0.135 e. The average Bonchev–Trinajstić information content (AvgIpc) is 3.61. The zero-order valence-corrected chi connectivity index (χ0v) is 22.8. The smallest absolute Gasteiger partial charge is 0.135 e. The number of hydrogen-bond acceptors (Lipinski definition) is 1. The molecule has 0 bridgehead atoms. The van der Waals surface area contributed by atoms with Crippen molar-refractivity contribution < 1.29 is 4.42 Å². The van der Waals surface area contributed by atoms with E-state index >= 15 is 0 Å². The zero-order chi connectivity index (χ0) is 27.6. The van der Waals surface area contributed by atoms with Crippen molar-refractivity contribution in [3.8, 4) is 33.4 Å². The van der Waals surface area contributed by atoms with Gasteiger partial charge in [-0.3, -0.25) is 0 Å². The number of rotatable bonds is 3. The highest BCUT2D eigenvalue weighted by Crippen LogP contribution is 2.37. The molecule has 0 atom stereocenters. The Kier molecular flexibility index (Phi) is 4.93. The van der Waals surface area contributed by atoms with Gasteiger partial charge in [0.15, 0.2) is 0 Å². The van der Waals surface area contributed by atoms with E-state index in [4.69, 9.17) is 4.42 Å². The lowest BCUT2D eigenvalue weighted by atomic mass is 9.95. The summed E-state index contributed by atoms with van der Waals surface area (Å²) in [6.07, 6.45) is 0. The third kappa shape index (κ3) is 3.59. The van der Waals surface area contributed by atoms with Gasteiger partial charge in [0.25, 0.3) is 0 Å². The lowest BCUT2D eigenvalue weighted by molar-refractivity contribution is 0.669. The summed E-state index contributed by atoms with van der Waals surface area (Å²) in [5.41, 5.74) is 11.4. The van der Waals surface area contributed by atoms with E-state index in [1.165, 1.54) is 66.0 Å². The van der Waals surface area contributed by atoms with Gasteiger partial charge in [0.05, 0.1) is 5.52 Å². The van der Waals surface area contributed by atoms with Crippen molar-refractivity contribution in [2.75, 3.05) is 0 Å². The minimum Gasteiger partial charge on any atom is -0.456 e. The molecule has 0 saturated carbocycles. The van der Waals surface area contributed by atoms with Crippen LogP contribution in [0.25, 0.3) is 87.9 Å². The number of aromatic nitrogens is 1. The molecule has 0 unspecified atom stereocenters.